The van der Waals surface area contributed by atoms with Crippen molar-refractivity contribution in [2.75, 3.05) is 26.3 Å². The van der Waals surface area contributed by atoms with Crippen LogP contribution in [-0.2, 0) is 11.3 Å². The Morgan fingerprint density at radius 3 is 2.88 bits per heavy atom. The summed E-state index contributed by atoms with van der Waals surface area (Å²) in [6.45, 7) is 3.44. The molecule has 2 heterocycles. The summed E-state index contributed by atoms with van der Waals surface area (Å²) in [5, 5.41) is 14.6. The van der Waals surface area contributed by atoms with E-state index >= 15 is 0 Å². The van der Waals surface area contributed by atoms with E-state index in [0.717, 1.165) is 38.3 Å². The van der Waals surface area contributed by atoms with Crippen molar-refractivity contribution in [3.05, 3.63) is 52.7 Å². The van der Waals surface area contributed by atoms with Gasteiger partial charge < -0.3 is 14.6 Å². The summed E-state index contributed by atoms with van der Waals surface area (Å²) in [5.74, 6) is 0.792. The molecule has 24 heavy (non-hydrogen) atoms. The Bertz CT molecular complexity index is 570. The van der Waals surface area contributed by atoms with Crippen LogP contribution in [0, 0.1) is 0 Å². The molecule has 0 bridgehead atoms. The molecule has 1 aromatic carbocycles. The Kier molecular flexibility index (Phi) is 6.66. The van der Waals surface area contributed by atoms with Crippen molar-refractivity contribution < 1.29 is 14.6 Å². The SMILES string of the molecule is O[C@H](COc1ccccc1)CN(Cc1ccsc1)C[C@@H]1CCCO1. The van der Waals surface area contributed by atoms with Crippen molar-refractivity contribution in [2.45, 2.75) is 31.6 Å². The lowest BCUT2D eigenvalue weighted by atomic mass is 10.2. The highest BCUT2D eigenvalue weighted by Crippen LogP contribution is 2.17. The molecule has 4 nitrogen and oxygen atoms in total. The van der Waals surface area contributed by atoms with E-state index in [2.05, 4.69) is 21.7 Å². The Morgan fingerprint density at radius 2 is 2.17 bits per heavy atom. The van der Waals surface area contributed by atoms with Crippen LogP contribution in [0.4, 0.5) is 0 Å². The van der Waals surface area contributed by atoms with Crippen molar-refractivity contribution in [1.29, 1.82) is 0 Å². The van der Waals surface area contributed by atoms with Crippen molar-refractivity contribution in [3.8, 4) is 5.75 Å². The third-order valence-corrected chi connectivity index (χ3v) is 4.86. The van der Waals surface area contributed by atoms with E-state index in [-0.39, 0.29) is 6.10 Å². The van der Waals surface area contributed by atoms with Gasteiger partial charge in [-0.05, 0) is 47.4 Å². The van der Waals surface area contributed by atoms with E-state index in [4.69, 9.17) is 9.47 Å². The molecule has 0 unspecified atom stereocenters. The summed E-state index contributed by atoms with van der Waals surface area (Å²) in [7, 11) is 0. The van der Waals surface area contributed by atoms with Gasteiger partial charge in [-0.1, -0.05) is 18.2 Å². The normalized spacial score (nSPS) is 18.8. The minimum atomic E-state index is -0.523. The summed E-state index contributed by atoms with van der Waals surface area (Å²) in [5.41, 5.74) is 1.29. The molecule has 3 rings (SSSR count). The van der Waals surface area contributed by atoms with Crippen LogP contribution < -0.4 is 4.74 Å². The van der Waals surface area contributed by atoms with E-state index in [1.807, 2.05) is 30.3 Å². The van der Waals surface area contributed by atoms with Gasteiger partial charge in [-0.3, -0.25) is 4.90 Å². The first-order valence-electron chi connectivity index (χ1n) is 8.50. The van der Waals surface area contributed by atoms with Crippen molar-refractivity contribution >= 4 is 11.3 Å². The monoisotopic (exact) mass is 347 g/mol. The summed E-state index contributed by atoms with van der Waals surface area (Å²) in [6.07, 6.45) is 2.00. The second-order valence-electron chi connectivity index (χ2n) is 6.24. The predicted octanol–water partition coefficient (Wildman–Crippen LogP) is 3.17. The van der Waals surface area contributed by atoms with Gasteiger partial charge in [0.2, 0.25) is 0 Å². The topological polar surface area (TPSA) is 41.9 Å². The molecule has 1 aliphatic heterocycles. The fourth-order valence-corrected chi connectivity index (χ4v) is 3.64. The number of ether oxygens (including phenoxy) is 2. The lowest BCUT2D eigenvalue weighted by Gasteiger charge is -2.27. The van der Waals surface area contributed by atoms with Gasteiger partial charge in [-0.15, -0.1) is 0 Å². The Balaban J connectivity index is 1.51. The van der Waals surface area contributed by atoms with Gasteiger partial charge in [-0.2, -0.15) is 11.3 Å². The van der Waals surface area contributed by atoms with Crippen molar-refractivity contribution in [1.82, 2.24) is 4.90 Å². The van der Waals surface area contributed by atoms with Gasteiger partial charge in [0, 0.05) is 26.2 Å². The van der Waals surface area contributed by atoms with Crippen LogP contribution in [0.2, 0.25) is 0 Å². The Labute approximate surface area is 147 Å². The lowest BCUT2D eigenvalue weighted by Crippen LogP contribution is -2.39. The zero-order chi connectivity index (χ0) is 16.6. The highest BCUT2D eigenvalue weighted by Gasteiger charge is 2.21. The molecule has 0 spiro atoms. The average Bonchev–Trinajstić information content (AvgIpc) is 3.28. The van der Waals surface area contributed by atoms with E-state index in [9.17, 15) is 5.11 Å². The summed E-state index contributed by atoms with van der Waals surface area (Å²) < 4.78 is 11.4. The smallest absolute Gasteiger partial charge is 0.119 e. The van der Waals surface area contributed by atoms with E-state index in [0.29, 0.717) is 13.2 Å². The molecule has 0 aliphatic carbocycles. The molecular weight excluding hydrogens is 322 g/mol. The Hall–Kier alpha value is -1.40. The van der Waals surface area contributed by atoms with Crippen molar-refractivity contribution in [3.63, 3.8) is 0 Å². The highest BCUT2D eigenvalue weighted by molar-refractivity contribution is 7.07. The van der Waals surface area contributed by atoms with Gasteiger partial charge in [-0.25, -0.2) is 0 Å². The lowest BCUT2D eigenvalue weighted by molar-refractivity contribution is 0.0314. The minimum absolute atomic E-state index is 0.283. The minimum Gasteiger partial charge on any atom is -0.491 e. The molecule has 0 saturated carbocycles. The molecule has 1 aliphatic rings. The molecule has 1 aromatic heterocycles. The third kappa shape index (κ3) is 5.60. The second kappa shape index (κ2) is 9.18. The largest absolute Gasteiger partial charge is 0.491 e. The fourth-order valence-electron chi connectivity index (χ4n) is 2.98. The summed E-state index contributed by atoms with van der Waals surface area (Å²) in [4.78, 5) is 2.27. The quantitative estimate of drug-likeness (QED) is 0.756. The number of rotatable bonds is 9. The fraction of sp³-hybridized carbons (Fsp3) is 0.474. The van der Waals surface area contributed by atoms with Crippen LogP contribution in [0.1, 0.15) is 18.4 Å². The number of nitrogens with zero attached hydrogens (tertiary/aromatic N) is 1. The number of hydrogen-bond donors (Lipinski definition) is 1. The second-order valence-corrected chi connectivity index (χ2v) is 7.02. The van der Waals surface area contributed by atoms with Crippen LogP contribution in [0.5, 0.6) is 5.75 Å². The number of hydrogen-bond acceptors (Lipinski definition) is 5. The zero-order valence-corrected chi connectivity index (χ0v) is 14.7. The third-order valence-electron chi connectivity index (χ3n) is 4.13. The summed E-state index contributed by atoms with van der Waals surface area (Å²) >= 11 is 1.71. The van der Waals surface area contributed by atoms with Crippen LogP contribution in [0.25, 0.3) is 0 Å². The standard InChI is InChI=1S/C19H25NO3S/c21-17(14-23-18-5-2-1-3-6-18)12-20(11-16-8-10-24-15-16)13-19-7-4-9-22-19/h1-3,5-6,8,10,15,17,19,21H,4,7,9,11-14H2/t17-,19-/m0/s1. The van der Waals surface area contributed by atoms with Crippen LogP contribution in [0.3, 0.4) is 0 Å². The van der Waals surface area contributed by atoms with Gasteiger partial charge >= 0.3 is 0 Å². The molecule has 1 fully saturated rings. The number of aliphatic hydroxyl groups excluding tert-OH is 1. The number of thiophene rings is 1. The molecule has 130 valence electrons. The maximum absolute atomic E-state index is 10.4. The molecule has 2 aromatic rings. The molecule has 0 amide bonds. The first-order chi connectivity index (χ1) is 11.8. The highest BCUT2D eigenvalue weighted by atomic mass is 32.1. The first kappa shape index (κ1) is 17.4. The molecule has 0 radical (unpaired) electrons. The molecule has 5 heteroatoms. The van der Waals surface area contributed by atoms with Gasteiger partial charge in [0.1, 0.15) is 18.5 Å². The predicted molar refractivity (Wildman–Crippen MR) is 96.5 cm³/mol. The molecular formula is C19H25NO3S. The van der Waals surface area contributed by atoms with Gasteiger partial charge in [0.25, 0.3) is 0 Å². The molecule has 2 atom stereocenters. The number of benzene rings is 1. The zero-order valence-electron chi connectivity index (χ0n) is 13.8. The van der Waals surface area contributed by atoms with Gasteiger partial charge in [0.05, 0.1) is 6.10 Å². The van der Waals surface area contributed by atoms with Gasteiger partial charge in [0.15, 0.2) is 0 Å². The number of aliphatic hydroxyl groups is 1. The van der Waals surface area contributed by atoms with Crippen LogP contribution in [0.15, 0.2) is 47.2 Å². The average molecular weight is 347 g/mol. The molecule has 1 N–H and O–H groups in total. The van der Waals surface area contributed by atoms with Crippen LogP contribution in [-0.4, -0.2) is 48.5 Å². The molecule has 1 saturated heterocycles. The summed E-state index contributed by atoms with van der Waals surface area (Å²) in [6, 6.07) is 11.8. The Morgan fingerprint density at radius 1 is 1.29 bits per heavy atom. The van der Waals surface area contributed by atoms with E-state index in [1.165, 1.54) is 5.56 Å². The van der Waals surface area contributed by atoms with E-state index < -0.39 is 6.10 Å². The first-order valence-corrected chi connectivity index (χ1v) is 9.45. The maximum Gasteiger partial charge on any atom is 0.119 e. The number of para-hydroxylation sites is 1. The van der Waals surface area contributed by atoms with Crippen molar-refractivity contribution in [2.24, 2.45) is 0 Å². The maximum atomic E-state index is 10.4. The van der Waals surface area contributed by atoms with Crippen LogP contribution >= 0.6 is 11.3 Å². The van der Waals surface area contributed by atoms with E-state index in [1.54, 1.807) is 11.3 Å².